The Balaban J connectivity index is 1.45. The highest BCUT2D eigenvalue weighted by atomic mass is 16.1. The van der Waals surface area contributed by atoms with Gasteiger partial charge in [0.2, 0.25) is 5.91 Å². The third-order valence-corrected chi connectivity index (χ3v) is 6.17. The van der Waals surface area contributed by atoms with Crippen molar-refractivity contribution in [1.29, 1.82) is 0 Å². The molecular weight excluding hydrogens is 420 g/mol. The second-order valence-corrected chi connectivity index (χ2v) is 8.32. The van der Waals surface area contributed by atoms with Gasteiger partial charge in [-0.3, -0.25) is 9.78 Å². The lowest BCUT2D eigenvalue weighted by Crippen LogP contribution is -2.25. The van der Waals surface area contributed by atoms with Crippen molar-refractivity contribution in [2.45, 2.75) is 26.8 Å². The fourth-order valence-electron chi connectivity index (χ4n) is 4.15. The summed E-state index contributed by atoms with van der Waals surface area (Å²) in [4.78, 5) is 18.7. The molecule has 2 heterocycles. The summed E-state index contributed by atoms with van der Waals surface area (Å²) in [5, 5.41) is 4.19. The highest BCUT2D eigenvalue weighted by molar-refractivity contribution is 5.91. The van der Waals surface area contributed by atoms with Gasteiger partial charge in [-0.15, -0.1) is 0 Å². The van der Waals surface area contributed by atoms with Crippen LogP contribution < -0.4 is 5.32 Å². The molecule has 0 bridgehead atoms. The number of rotatable bonds is 10. The first-order valence-corrected chi connectivity index (χ1v) is 11.9. The average molecular weight is 453 g/mol. The van der Waals surface area contributed by atoms with Crippen LogP contribution in [-0.2, 0) is 17.8 Å². The predicted molar refractivity (Wildman–Crippen MR) is 140 cm³/mol. The normalized spacial score (nSPS) is 11.5. The zero-order valence-corrected chi connectivity index (χ0v) is 19.9. The molecule has 5 heteroatoms. The molecule has 1 amide bonds. The number of pyridine rings is 1. The lowest BCUT2D eigenvalue weighted by atomic mass is 10.1. The molecule has 0 unspecified atom stereocenters. The SMILES string of the molecule is CCN(CC)CCc1cn(-c2ccc(/C=C/C(=O)NCc3cccnc3)cc2)c2ccccc12. The summed E-state index contributed by atoms with van der Waals surface area (Å²) in [6.07, 6.45) is 10.2. The van der Waals surface area contributed by atoms with Crippen molar-refractivity contribution in [3.05, 3.63) is 102 Å². The number of nitrogens with one attached hydrogen (secondary N) is 1. The number of likely N-dealkylation sites (N-methyl/N-ethyl adjacent to an activating group) is 1. The molecule has 0 aliphatic carbocycles. The molecule has 0 radical (unpaired) electrons. The molecule has 174 valence electrons. The molecule has 2 aromatic heterocycles. The minimum absolute atomic E-state index is 0.123. The van der Waals surface area contributed by atoms with Gasteiger partial charge in [-0.1, -0.05) is 50.2 Å². The summed E-state index contributed by atoms with van der Waals surface area (Å²) in [5.41, 5.74) is 5.66. The van der Waals surface area contributed by atoms with E-state index in [-0.39, 0.29) is 5.91 Å². The number of aromatic nitrogens is 2. The van der Waals surface area contributed by atoms with E-state index in [1.165, 1.54) is 16.5 Å². The number of amides is 1. The summed E-state index contributed by atoms with van der Waals surface area (Å²) < 4.78 is 2.26. The molecular formula is C29H32N4O. The zero-order chi connectivity index (χ0) is 23.8. The van der Waals surface area contributed by atoms with Crippen LogP contribution in [0.5, 0.6) is 0 Å². The van der Waals surface area contributed by atoms with E-state index in [9.17, 15) is 4.79 Å². The van der Waals surface area contributed by atoms with E-state index in [1.807, 2.05) is 30.3 Å². The van der Waals surface area contributed by atoms with Crippen LogP contribution in [0, 0.1) is 0 Å². The first-order valence-electron chi connectivity index (χ1n) is 11.9. The quantitative estimate of drug-likeness (QED) is 0.335. The maximum absolute atomic E-state index is 12.2. The van der Waals surface area contributed by atoms with Gasteiger partial charge >= 0.3 is 0 Å². The summed E-state index contributed by atoms with van der Waals surface area (Å²) in [6.45, 7) is 8.11. The summed E-state index contributed by atoms with van der Waals surface area (Å²) >= 11 is 0. The number of carbonyl (C=O) groups is 1. The molecule has 0 fully saturated rings. The molecule has 0 spiro atoms. The fourth-order valence-corrected chi connectivity index (χ4v) is 4.15. The fraction of sp³-hybridized carbons (Fsp3) is 0.241. The molecule has 4 aromatic rings. The Morgan fingerprint density at radius 2 is 1.82 bits per heavy atom. The van der Waals surface area contributed by atoms with Crippen LogP contribution in [0.3, 0.4) is 0 Å². The Kier molecular flexibility index (Phi) is 7.89. The Labute approximate surface area is 201 Å². The van der Waals surface area contributed by atoms with Crippen LogP contribution in [0.2, 0.25) is 0 Å². The average Bonchev–Trinajstić information content (AvgIpc) is 3.26. The molecule has 0 saturated carbocycles. The first kappa shape index (κ1) is 23.5. The van der Waals surface area contributed by atoms with Gasteiger partial charge in [-0.05, 0) is 66.5 Å². The van der Waals surface area contributed by atoms with Crippen molar-refractivity contribution in [3.63, 3.8) is 0 Å². The highest BCUT2D eigenvalue weighted by Crippen LogP contribution is 2.26. The largest absolute Gasteiger partial charge is 0.348 e. The molecule has 34 heavy (non-hydrogen) atoms. The van der Waals surface area contributed by atoms with E-state index in [4.69, 9.17) is 0 Å². The lowest BCUT2D eigenvalue weighted by Gasteiger charge is -2.17. The smallest absolute Gasteiger partial charge is 0.244 e. The number of hydrogen-bond acceptors (Lipinski definition) is 3. The van der Waals surface area contributed by atoms with Gasteiger partial charge in [0.05, 0.1) is 5.52 Å². The van der Waals surface area contributed by atoms with Gasteiger partial charge in [-0.2, -0.15) is 0 Å². The Hall–Kier alpha value is -3.70. The Morgan fingerprint density at radius 1 is 1.03 bits per heavy atom. The van der Waals surface area contributed by atoms with Crippen molar-refractivity contribution < 1.29 is 4.79 Å². The van der Waals surface area contributed by atoms with Gasteiger partial charge in [0, 0.05) is 48.8 Å². The van der Waals surface area contributed by atoms with Gasteiger partial charge < -0.3 is 14.8 Å². The third-order valence-electron chi connectivity index (χ3n) is 6.17. The number of fused-ring (bicyclic) bond motifs is 1. The molecule has 1 N–H and O–H groups in total. The lowest BCUT2D eigenvalue weighted by molar-refractivity contribution is -0.116. The zero-order valence-electron chi connectivity index (χ0n) is 19.9. The predicted octanol–water partition coefficient (Wildman–Crippen LogP) is 5.24. The second kappa shape index (κ2) is 11.4. The number of benzene rings is 2. The van der Waals surface area contributed by atoms with Crippen LogP contribution in [0.15, 0.2) is 85.3 Å². The van der Waals surface area contributed by atoms with E-state index in [2.05, 4.69) is 76.2 Å². The monoisotopic (exact) mass is 452 g/mol. The van der Waals surface area contributed by atoms with Crippen molar-refractivity contribution >= 4 is 22.9 Å². The molecule has 5 nitrogen and oxygen atoms in total. The van der Waals surface area contributed by atoms with Crippen LogP contribution >= 0.6 is 0 Å². The standard InChI is InChI=1S/C29H32N4O/c1-3-32(4-2)19-17-25-22-33(28-10-6-5-9-27(25)28)26-14-11-23(12-15-26)13-16-29(34)31-21-24-8-7-18-30-20-24/h5-16,18,20,22H,3-4,17,19,21H2,1-2H3,(H,31,34)/b16-13+. The number of hydrogen-bond donors (Lipinski definition) is 1. The summed E-state index contributed by atoms with van der Waals surface area (Å²) in [6, 6.07) is 20.7. The van der Waals surface area contributed by atoms with E-state index in [0.29, 0.717) is 6.54 Å². The topological polar surface area (TPSA) is 50.2 Å². The Bertz CT molecular complexity index is 1240. The third kappa shape index (κ3) is 5.80. The van der Waals surface area contributed by atoms with Crippen molar-refractivity contribution in [2.75, 3.05) is 19.6 Å². The van der Waals surface area contributed by atoms with E-state index in [1.54, 1.807) is 18.5 Å². The minimum atomic E-state index is -0.123. The molecule has 0 aliphatic rings. The van der Waals surface area contributed by atoms with Crippen LogP contribution in [0.25, 0.3) is 22.7 Å². The van der Waals surface area contributed by atoms with Gasteiger partial charge in [0.25, 0.3) is 0 Å². The maximum Gasteiger partial charge on any atom is 0.244 e. The van der Waals surface area contributed by atoms with Crippen molar-refractivity contribution in [2.24, 2.45) is 0 Å². The molecule has 0 aliphatic heterocycles. The number of nitrogens with zero attached hydrogens (tertiary/aromatic N) is 3. The first-order chi connectivity index (χ1) is 16.7. The second-order valence-electron chi connectivity index (χ2n) is 8.32. The summed E-state index contributed by atoms with van der Waals surface area (Å²) in [5.74, 6) is -0.123. The van der Waals surface area contributed by atoms with Crippen molar-refractivity contribution in [3.8, 4) is 5.69 Å². The maximum atomic E-state index is 12.2. The highest BCUT2D eigenvalue weighted by Gasteiger charge is 2.10. The van der Waals surface area contributed by atoms with Crippen molar-refractivity contribution in [1.82, 2.24) is 19.8 Å². The molecule has 0 saturated heterocycles. The molecule has 0 atom stereocenters. The van der Waals surface area contributed by atoms with Crippen LogP contribution in [0.4, 0.5) is 0 Å². The van der Waals surface area contributed by atoms with Gasteiger partial charge in [0.1, 0.15) is 0 Å². The summed E-state index contributed by atoms with van der Waals surface area (Å²) in [7, 11) is 0. The van der Waals surface area contributed by atoms with Crippen LogP contribution in [0.1, 0.15) is 30.5 Å². The van der Waals surface area contributed by atoms with E-state index in [0.717, 1.165) is 42.9 Å². The van der Waals surface area contributed by atoms with Gasteiger partial charge in [-0.25, -0.2) is 0 Å². The van der Waals surface area contributed by atoms with E-state index >= 15 is 0 Å². The number of carbonyl (C=O) groups excluding carboxylic acids is 1. The molecule has 2 aromatic carbocycles. The number of para-hydroxylation sites is 1. The molecule has 4 rings (SSSR count). The van der Waals surface area contributed by atoms with Crippen LogP contribution in [-0.4, -0.2) is 40.0 Å². The van der Waals surface area contributed by atoms with Gasteiger partial charge in [0.15, 0.2) is 0 Å². The minimum Gasteiger partial charge on any atom is -0.348 e. The Morgan fingerprint density at radius 3 is 2.56 bits per heavy atom. The van der Waals surface area contributed by atoms with E-state index < -0.39 is 0 Å².